The van der Waals surface area contributed by atoms with Crippen LogP contribution in [-0.2, 0) is 9.53 Å². The number of hydrogen-bond donors (Lipinski definition) is 3. The van der Waals surface area contributed by atoms with Crippen LogP contribution in [0.3, 0.4) is 0 Å². The molecule has 2 rings (SSSR count). The smallest absolute Gasteiger partial charge is 0.323 e. The molecule has 0 aliphatic heterocycles. The number of nitrogens with one attached hydrogen (secondary N) is 3. The fourth-order valence-electron chi connectivity index (χ4n) is 2.50. The average molecular weight is 383 g/mol. The SMILES string of the molecule is COC(=O)CCCCCNC(=O)c1ccc(NC(=O)Nc2ccccc2)cc1. The van der Waals surface area contributed by atoms with Crippen molar-refractivity contribution in [2.24, 2.45) is 0 Å². The summed E-state index contributed by atoms with van der Waals surface area (Å²) in [5, 5.41) is 8.28. The lowest BCUT2D eigenvalue weighted by Gasteiger charge is -2.09. The lowest BCUT2D eigenvalue weighted by Crippen LogP contribution is -2.24. The first kappa shape index (κ1) is 21.0. The molecule has 0 saturated heterocycles. The van der Waals surface area contributed by atoms with Gasteiger partial charge in [0.25, 0.3) is 5.91 Å². The highest BCUT2D eigenvalue weighted by molar-refractivity contribution is 6.00. The lowest BCUT2D eigenvalue weighted by molar-refractivity contribution is -0.140. The van der Waals surface area contributed by atoms with Crippen molar-refractivity contribution in [2.75, 3.05) is 24.3 Å². The third kappa shape index (κ3) is 7.49. The Morgan fingerprint density at radius 2 is 1.46 bits per heavy atom. The van der Waals surface area contributed by atoms with Crippen LogP contribution < -0.4 is 16.0 Å². The van der Waals surface area contributed by atoms with E-state index in [-0.39, 0.29) is 17.9 Å². The van der Waals surface area contributed by atoms with Crippen molar-refractivity contribution >= 4 is 29.3 Å². The summed E-state index contributed by atoms with van der Waals surface area (Å²) in [5.41, 5.74) is 1.80. The molecule has 148 valence electrons. The van der Waals surface area contributed by atoms with E-state index in [1.807, 2.05) is 18.2 Å². The largest absolute Gasteiger partial charge is 0.469 e. The number of carbonyl (C=O) groups excluding carboxylic acids is 3. The molecule has 3 N–H and O–H groups in total. The molecule has 7 heteroatoms. The second-order valence-corrected chi connectivity index (χ2v) is 6.17. The van der Waals surface area contributed by atoms with Gasteiger partial charge in [0.15, 0.2) is 0 Å². The van der Waals surface area contributed by atoms with Gasteiger partial charge in [0.2, 0.25) is 0 Å². The molecule has 7 nitrogen and oxygen atoms in total. The molecular formula is C21H25N3O4. The van der Waals surface area contributed by atoms with Crippen LogP contribution in [0, 0.1) is 0 Å². The second-order valence-electron chi connectivity index (χ2n) is 6.17. The van der Waals surface area contributed by atoms with Crippen LogP contribution in [0.4, 0.5) is 16.2 Å². The average Bonchev–Trinajstić information content (AvgIpc) is 2.71. The van der Waals surface area contributed by atoms with Gasteiger partial charge in [-0.3, -0.25) is 9.59 Å². The highest BCUT2D eigenvalue weighted by atomic mass is 16.5. The molecule has 2 aromatic rings. The molecule has 0 radical (unpaired) electrons. The molecule has 0 unspecified atom stereocenters. The fourth-order valence-corrected chi connectivity index (χ4v) is 2.50. The summed E-state index contributed by atoms with van der Waals surface area (Å²) in [6, 6.07) is 15.4. The molecule has 0 saturated carbocycles. The van der Waals surface area contributed by atoms with Crippen LogP contribution in [0.25, 0.3) is 0 Å². The molecule has 0 aromatic heterocycles. The van der Waals surface area contributed by atoms with E-state index in [1.54, 1.807) is 36.4 Å². The van der Waals surface area contributed by atoms with Crippen molar-refractivity contribution in [2.45, 2.75) is 25.7 Å². The van der Waals surface area contributed by atoms with Gasteiger partial charge in [-0.2, -0.15) is 0 Å². The van der Waals surface area contributed by atoms with Gasteiger partial charge >= 0.3 is 12.0 Å². The summed E-state index contributed by atoms with van der Waals surface area (Å²) in [6.07, 6.45) is 2.78. The molecule has 28 heavy (non-hydrogen) atoms. The number of ether oxygens (including phenoxy) is 1. The number of anilines is 2. The standard InChI is InChI=1S/C21H25N3O4/c1-28-19(25)10-6-3-7-15-22-20(26)16-11-13-18(14-12-16)24-21(27)23-17-8-4-2-5-9-17/h2,4-5,8-9,11-14H,3,6-7,10,15H2,1H3,(H,22,26)(H2,23,24,27). The molecule has 0 spiro atoms. The lowest BCUT2D eigenvalue weighted by atomic mass is 10.1. The number of amides is 3. The fraction of sp³-hybridized carbons (Fsp3) is 0.286. The summed E-state index contributed by atoms with van der Waals surface area (Å²) in [6.45, 7) is 0.541. The van der Waals surface area contributed by atoms with Crippen LogP contribution in [0.2, 0.25) is 0 Å². The summed E-state index contributed by atoms with van der Waals surface area (Å²) < 4.78 is 4.58. The molecular weight excluding hydrogens is 358 g/mol. The topological polar surface area (TPSA) is 96.5 Å². The highest BCUT2D eigenvalue weighted by Gasteiger charge is 2.07. The zero-order valence-corrected chi connectivity index (χ0v) is 15.9. The molecule has 0 aliphatic carbocycles. The number of esters is 1. The minimum absolute atomic E-state index is 0.173. The number of rotatable bonds is 9. The van der Waals surface area contributed by atoms with Gasteiger partial charge in [-0.1, -0.05) is 24.6 Å². The van der Waals surface area contributed by atoms with Gasteiger partial charge in [-0.05, 0) is 49.2 Å². The number of carbonyl (C=O) groups is 3. The first-order valence-corrected chi connectivity index (χ1v) is 9.16. The summed E-state index contributed by atoms with van der Waals surface area (Å²) >= 11 is 0. The Balaban J connectivity index is 1.70. The number of urea groups is 1. The minimum Gasteiger partial charge on any atom is -0.469 e. The number of benzene rings is 2. The number of unbranched alkanes of at least 4 members (excludes halogenated alkanes) is 2. The van der Waals surface area contributed by atoms with Gasteiger partial charge in [0, 0.05) is 29.9 Å². The third-order valence-corrected chi connectivity index (χ3v) is 4.01. The molecule has 0 bridgehead atoms. The zero-order valence-electron chi connectivity index (χ0n) is 15.9. The zero-order chi connectivity index (χ0) is 20.2. The molecule has 0 heterocycles. The van der Waals surface area contributed by atoms with E-state index in [2.05, 4.69) is 20.7 Å². The van der Waals surface area contributed by atoms with Crippen LogP contribution in [-0.4, -0.2) is 31.6 Å². The van der Waals surface area contributed by atoms with E-state index in [1.165, 1.54) is 7.11 Å². The summed E-state index contributed by atoms with van der Waals surface area (Å²) in [4.78, 5) is 35.1. The third-order valence-electron chi connectivity index (χ3n) is 4.01. The van der Waals surface area contributed by atoms with Crippen LogP contribution >= 0.6 is 0 Å². The Kier molecular flexibility index (Phi) is 8.52. The van der Waals surface area contributed by atoms with E-state index in [9.17, 15) is 14.4 Å². The van der Waals surface area contributed by atoms with Crippen molar-refractivity contribution in [1.29, 1.82) is 0 Å². The maximum atomic E-state index is 12.1. The van der Waals surface area contributed by atoms with E-state index in [0.717, 1.165) is 19.3 Å². The van der Waals surface area contributed by atoms with Crippen molar-refractivity contribution in [3.05, 3.63) is 60.2 Å². The Hall–Kier alpha value is -3.35. The number of methoxy groups -OCH3 is 1. The van der Waals surface area contributed by atoms with E-state index < -0.39 is 0 Å². The Labute approximate surface area is 164 Å². The summed E-state index contributed by atoms with van der Waals surface area (Å²) in [7, 11) is 1.37. The molecule has 0 fully saturated rings. The molecule has 3 amide bonds. The quantitative estimate of drug-likeness (QED) is 0.453. The summed E-state index contributed by atoms with van der Waals surface area (Å²) in [5.74, 6) is -0.386. The van der Waals surface area contributed by atoms with Crippen molar-refractivity contribution < 1.29 is 19.1 Å². The van der Waals surface area contributed by atoms with Crippen LogP contribution in [0.15, 0.2) is 54.6 Å². The van der Waals surface area contributed by atoms with Gasteiger partial charge in [-0.15, -0.1) is 0 Å². The van der Waals surface area contributed by atoms with Crippen molar-refractivity contribution in [1.82, 2.24) is 5.32 Å². The predicted molar refractivity (Wildman–Crippen MR) is 108 cm³/mol. The van der Waals surface area contributed by atoms with Crippen molar-refractivity contribution in [3.63, 3.8) is 0 Å². The van der Waals surface area contributed by atoms with E-state index in [0.29, 0.717) is 29.9 Å². The maximum Gasteiger partial charge on any atom is 0.323 e. The second kappa shape index (κ2) is 11.4. The first-order chi connectivity index (χ1) is 13.6. The van der Waals surface area contributed by atoms with Gasteiger partial charge in [0.1, 0.15) is 0 Å². The first-order valence-electron chi connectivity index (χ1n) is 9.16. The Morgan fingerprint density at radius 1 is 0.821 bits per heavy atom. The van der Waals surface area contributed by atoms with Gasteiger partial charge in [0.05, 0.1) is 7.11 Å². The minimum atomic E-state index is -0.352. The molecule has 0 aliphatic rings. The Bertz CT molecular complexity index is 776. The molecule has 2 aromatic carbocycles. The van der Waals surface area contributed by atoms with E-state index in [4.69, 9.17) is 0 Å². The maximum absolute atomic E-state index is 12.1. The molecule has 0 atom stereocenters. The highest BCUT2D eigenvalue weighted by Crippen LogP contribution is 2.11. The van der Waals surface area contributed by atoms with Gasteiger partial charge < -0.3 is 20.7 Å². The number of para-hydroxylation sites is 1. The van der Waals surface area contributed by atoms with Crippen molar-refractivity contribution in [3.8, 4) is 0 Å². The number of hydrogen-bond acceptors (Lipinski definition) is 4. The van der Waals surface area contributed by atoms with Gasteiger partial charge in [-0.25, -0.2) is 4.79 Å². The monoisotopic (exact) mass is 383 g/mol. The van der Waals surface area contributed by atoms with E-state index >= 15 is 0 Å². The normalized spacial score (nSPS) is 10.0. The van der Waals surface area contributed by atoms with Crippen LogP contribution in [0.1, 0.15) is 36.0 Å². The predicted octanol–water partition coefficient (Wildman–Crippen LogP) is 3.79. The van der Waals surface area contributed by atoms with Crippen LogP contribution in [0.5, 0.6) is 0 Å². The Morgan fingerprint density at radius 3 is 2.11 bits per heavy atom.